The highest BCUT2D eigenvalue weighted by atomic mass is 16.3. The van der Waals surface area contributed by atoms with Crippen LogP contribution >= 0.6 is 0 Å². The van der Waals surface area contributed by atoms with Crippen LogP contribution in [-0.2, 0) is 4.79 Å². The summed E-state index contributed by atoms with van der Waals surface area (Å²) in [6, 6.07) is 0. The molecule has 1 atom stereocenters. The lowest BCUT2D eigenvalue weighted by molar-refractivity contribution is -0.119. The van der Waals surface area contributed by atoms with Crippen LogP contribution < -0.4 is 5.73 Å². The summed E-state index contributed by atoms with van der Waals surface area (Å²) >= 11 is 0. The molecule has 0 aromatic rings. The second-order valence-electron chi connectivity index (χ2n) is 1.47. The molecule has 3 heteroatoms. The third-order valence-corrected chi connectivity index (χ3v) is 0.682. The normalized spacial score (nSPS) is 12.6. The molecule has 8 heavy (non-hydrogen) atoms. The van der Waals surface area contributed by atoms with E-state index in [1.807, 2.05) is 0 Å². The lowest BCUT2D eigenvalue weighted by atomic mass is 10.2. The van der Waals surface area contributed by atoms with E-state index in [1.54, 1.807) is 0 Å². The Morgan fingerprint density at radius 3 is 2.62 bits per heavy atom. The second-order valence-corrected chi connectivity index (χ2v) is 1.47. The lowest BCUT2D eigenvalue weighted by Crippen LogP contribution is -2.17. The molecule has 3 N–H and O–H groups in total. The Morgan fingerprint density at radius 1 is 2.00 bits per heavy atom. The van der Waals surface area contributed by atoms with Crippen LogP contribution in [-0.4, -0.2) is 17.1 Å². The molecule has 0 spiro atoms. The SMILES string of the molecule is C=CC(O)CC(N)=O. The molecule has 0 bridgehead atoms. The maximum atomic E-state index is 9.98. The number of aliphatic hydroxyl groups is 1. The van der Waals surface area contributed by atoms with Crippen molar-refractivity contribution in [1.29, 1.82) is 0 Å². The van der Waals surface area contributed by atoms with Crippen molar-refractivity contribution in [2.75, 3.05) is 0 Å². The van der Waals surface area contributed by atoms with Gasteiger partial charge in [-0.3, -0.25) is 4.79 Å². The molecule has 0 aliphatic heterocycles. The van der Waals surface area contributed by atoms with Gasteiger partial charge < -0.3 is 10.8 Å². The van der Waals surface area contributed by atoms with Crippen molar-refractivity contribution in [1.82, 2.24) is 0 Å². The Balaban J connectivity index is 3.38. The van der Waals surface area contributed by atoms with Gasteiger partial charge in [-0.1, -0.05) is 6.08 Å². The van der Waals surface area contributed by atoms with Crippen LogP contribution in [0.15, 0.2) is 12.7 Å². The standard InChI is InChI=1S/C5H9NO2/c1-2-4(7)3-5(6)8/h2,4,7H,1,3H2,(H2,6,8). The first-order valence-corrected chi connectivity index (χ1v) is 2.25. The lowest BCUT2D eigenvalue weighted by Gasteiger charge is -1.97. The molecule has 0 rings (SSSR count). The highest BCUT2D eigenvalue weighted by Gasteiger charge is 2.00. The maximum Gasteiger partial charge on any atom is 0.220 e. The van der Waals surface area contributed by atoms with Crippen molar-refractivity contribution in [2.24, 2.45) is 5.73 Å². The number of rotatable bonds is 3. The third-order valence-electron chi connectivity index (χ3n) is 0.682. The summed E-state index contributed by atoms with van der Waals surface area (Å²) in [5.74, 6) is -0.516. The zero-order valence-electron chi connectivity index (χ0n) is 4.50. The van der Waals surface area contributed by atoms with E-state index < -0.39 is 12.0 Å². The van der Waals surface area contributed by atoms with E-state index in [-0.39, 0.29) is 6.42 Å². The number of hydrogen-bond donors (Lipinski definition) is 2. The van der Waals surface area contributed by atoms with Gasteiger partial charge in [0.05, 0.1) is 12.5 Å². The zero-order valence-corrected chi connectivity index (χ0v) is 4.50. The number of carbonyl (C=O) groups is 1. The zero-order chi connectivity index (χ0) is 6.57. The molecule has 0 fully saturated rings. The van der Waals surface area contributed by atoms with E-state index in [9.17, 15) is 4.79 Å². The van der Waals surface area contributed by atoms with Gasteiger partial charge in [0, 0.05) is 0 Å². The molecule has 0 saturated heterocycles. The maximum absolute atomic E-state index is 9.98. The van der Waals surface area contributed by atoms with Crippen molar-refractivity contribution in [3.63, 3.8) is 0 Å². The summed E-state index contributed by atoms with van der Waals surface area (Å²) in [5, 5.41) is 8.61. The Labute approximate surface area is 47.8 Å². The molecule has 3 nitrogen and oxygen atoms in total. The van der Waals surface area contributed by atoms with Gasteiger partial charge in [-0.15, -0.1) is 6.58 Å². The summed E-state index contributed by atoms with van der Waals surface area (Å²) in [6.45, 7) is 3.26. The van der Waals surface area contributed by atoms with Crippen LogP contribution in [0, 0.1) is 0 Å². The van der Waals surface area contributed by atoms with Gasteiger partial charge >= 0.3 is 0 Å². The van der Waals surface area contributed by atoms with Gasteiger partial charge in [-0.2, -0.15) is 0 Å². The van der Waals surface area contributed by atoms with Crippen LogP contribution in [0.1, 0.15) is 6.42 Å². The van der Waals surface area contributed by atoms with E-state index in [4.69, 9.17) is 10.8 Å². The number of nitrogens with two attached hydrogens (primary N) is 1. The van der Waals surface area contributed by atoms with E-state index in [1.165, 1.54) is 6.08 Å². The van der Waals surface area contributed by atoms with Gasteiger partial charge in [-0.05, 0) is 0 Å². The fraction of sp³-hybridized carbons (Fsp3) is 0.400. The monoisotopic (exact) mass is 115 g/mol. The van der Waals surface area contributed by atoms with Crippen LogP contribution in [0.25, 0.3) is 0 Å². The fourth-order valence-electron chi connectivity index (χ4n) is 0.289. The van der Waals surface area contributed by atoms with Crippen molar-refractivity contribution in [3.8, 4) is 0 Å². The summed E-state index contributed by atoms with van der Waals surface area (Å²) in [4.78, 5) is 9.98. The second kappa shape index (κ2) is 3.21. The molecule has 0 heterocycles. The smallest absolute Gasteiger partial charge is 0.220 e. The Hall–Kier alpha value is -0.830. The van der Waals surface area contributed by atoms with Gasteiger partial charge in [0.15, 0.2) is 0 Å². The molecule has 0 radical (unpaired) electrons. The van der Waals surface area contributed by atoms with Gasteiger partial charge in [-0.25, -0.2) is 0 Å². The fourth-order valence-corrected chi connectivity index (χ4v) is 0.289. The van der Waals surface area contributed by atoms with Crippen molar-refractivity contribution in [2.45, 2.75) is 12.5 Å². The average Bonchev–Trinajstić information content (AvgIpc) is 1.65. The van der Waals surface area contributed by atoms with E-state index in [0.717, 1.165) is 0 Å². The van der Waals surface area contributed by atoms with E-state index in [2.05, 4.69) is 6.58 Å². The molecule has 0 aliphatic rings. The minimum absolute atomic E-state index is 0.0382. The molecular formula is C5H9NO2. The minimum Gasteiger partial charge on any atom is -0.389 e. The van der Waals surface area contributed by atoms with E-state index in [0.29, 0.717) is 0 Å². The number of hydrogen-bond acceptors (Lipinski definition) is 2. The Morgan fingerprint density at radius 2 is 2.50 bits per heavy atom. The molecule has 1 unspecified atom stereocenters. The Bertz CT molecular complexity index is 101. The summed E-state index contributed by atoms with van der Waals surface area (Å²) in [5.41, 5.74) is 4.72. The number of amides is 1. The first kappa shape index (κ1) is 7.17. The minimum atomic E-state index is -0.785. The predicted octanol–water partition coefficient (Wildman–Crippen LogP) is -0.591. The first-order valence-electron chi connectivity index (χ1n) is 2.25. The summed E-state index contributed by atoms with van der Waals surface area (Å²) in [7, 11) is 0. The van der Waals surface area contributed by atoms with Crippen LogP contribution in [0.3, 0.4) is 0 Å². The number of aliphatic hydroxyl groups excluding tert-OH is 1. The largest absolute Gasteiger partial charge is 0.389 e. The van der Waals surface area contributed by atoms with Crippen molar-refractivity contribution in [3.05, 3.63) is 12.7 Å². The molecule has 0 aromatic carbocycles. The average molecular weight is 115 g/mol. The van der Waals surface area contributed by atoms with Gasteiger partial charge in [0.25, 0.3) is 0 Å². The topological polar surface area (TPSA) is 63.3 Å². The van der Waals surface area contributed by atoms with Crippen LogP contribution in [0.5, 0.6) is 0 Å². The predicted molar refractivity (Wildman–Crippen MR) is 30.0 cm³/mol. The highest BCUT2D eigenvalue weighted by molar-refractivity contribution is 5.74. The Kier molecular flexibility index (Phi) is 2.88. The highest BCUT2D eigenvalue weighted by Crippen LogP contribution is 1.88. The van der Waals surface area contributed by atoms with Crippen LogP contribution in [0.4, 0.5) is 0 Å². The summed E-state index contributed by atoms with van der Waals surface area (Å²) in [6.07, 6.45) is 0.446. The van der Waals surface area contributed by atoms with Crippen molar-refractivity contribution < 1.29 is 9.90 Å². The third kappa shape index (κ3) is 3.36. The molecule has 0 aromatic heterocycles. The molecule has 0 aliphatic carbocycles. The number of carbonyl (C=O) groups excluding carboxylic acids is 1. The van der Waals surface area contributed by atoms with Gasteiger partial charge in [0.1, 0.15) is 0 Å². The molecule has 0 saturated carbocycles. The summed E-state index contributed by atoms with van der Waals surface area (Å²) < 4.78 is 0. The quantitative estimate of drug-likeness (QED) is 0.483. The molecule has 46 valence electrons. The first-order chi connectivity index (χ1) is 3.66. The molecule has 1 amide bonds. The van der Waals surface area contributed by atoms with Gasteiger partial charge in [0.2, 0.25) is 5.91 Å². The molecular weight excluding hydrogens is 106 g/mol. The van der Waals surface area contributed by atoms with Crippen LogP contribution in [0.2, 0.25) is 0 Å². The number of primary amides is 1. The van der Waals surface area contributed by atoms with E-state index >= 15 is 0 Å². The van der Waals surface area contributed by atoms with Crippen molar-refractivity contribution >= 4 is 5.91 Å².